The number of Topliss-reactive ketones (excluding diaryl/α,β-unsaturated/α-hetero) is 1. The molecule has 5 heteroatoms. The SMILES string of the molecule is Cc1ccc(F)cc1CC(=O)C(F)(F)F. The van der Waals surface area contributed by atoms with Crippen LogP contribution in [0.15, 0.2) is 18.2 Å². The van der Waals surface area contributed by atoms with Gasteiger partial charge in [0.2, 0.25) is 5.78 Å². The van der Waals surface area contributed by atoms with E-state index in [2.05, 4.69) is 0 Å². The first-order chi connectivity index (χ1) is 6.80. The number of halogens is 4. The molecule has 0 aliphatic rings. The van der Waals surface area contributed by atoms with E-state index in [1.807, 2.05) is 0 Å². The molecule has 82 valence electrons. The third kappa shape index (κ3) is 3.04. The first-order valence-corrected chi connectivity index (χ1v) is 4.16. The Morgan fingerprint density at radius 3 is 2.47 bits per heavy atom. The standard InChI is InChI=1S/C10H8F4O/c1-6-2-3-8(11)4-7(6)5-9(15)10(12,13)14/h2-4H,5H2,1H3. The fourth-order valence-electron chi connectivity index (χ4n) is 1.10. The van der Waals surface area contributed by atoms with Crippen LogP contribution < -0.4 is 0 Å². The predicted octanol–water partition coefficient (Wildman–Crippen LogP) is 2.81. The second-order valence-electron chi connectivity index (χ2n) is 3.17. The summed E-state index contributed by atoms with van der Waals surface area (Å²) in [6.45, 7) is 1.53. The van der Waals surface area contributed by atoms with Gasteiger partial charge in [-0.1, -0.05) is 6.07 Å². The Labute approximate surface area is 83.7 Å². The van der Waals surface area contributed by atoms with Gasteiger partial charge in [-0.3, -0.25) is 4.79 Å². The van der Waals surface area contributed by atoms with Crippen LogP contribution >= 0.6 is 0 Å². The summed E-state index contributed by atoms with van der Waals surface area (Å²) in [5, 5.41) is 0. The summed E-state index contributed by atoms with van der Waals surface area (Å²) in [5.41, 5.74) is 0.534. The largest absolute Gasteiger partial charge is 0.450 e. The Morgan fingerprint density at radius 2 is 1.93 bits per heavy atom. The Kier molecular flexibility index (Phi) is 3.12. The zero-order chi connectivity index (χ0) is 11.6. The van der Waals surface area contributed by atoms with Crippen molar-refractivity contribution >= 4 is 5.78 Å². The van der Waals surface area contributed by atoms with Crippen LogP contribution in [0.4, 0.5) is 17.6 Å². The predicted molar refractivity (Wildman–Crippen MR) is 45.9 cm³/mol. The fourth-order valence-corrected chi connectivity index (χ4v) is 1.10. The first-order valence-electron chi connectivity index (χ1n) is 4.16. The van der Waals surface area contributed by atoms with Gasteiger partial charge in [-0.2, -0.15) is 13.2 Å². The number of carbonyl (C=O) groups is 1. The van der Waals surface area contributed by atoms with Crippen LogP contribution in [0.3, 0.4) is 0 Å². The van der Waals surface area contributed by atoms with Gasteiger partial charge in [0.15, 0.2) is 0 Å². The fraction of sp³-hybridized carbons (Fsp3) is 0.300. The summed E-state index contributed by atoms with van der Waals surface area (Å²) < 4.78 is 48.5. The number of ketones is 1. The topological polar surface area (TPSA) is 17.1 Å². The Hall–Kier alpha value is -1.39. The molecule has 1 aromatic rings. The van der Waals surface area contributed by atoms with Gasteiger partial charge in [-0.25, -0.2) is 4.39 Å². The van der Waals surface area contributed by atoms with E-state index in [1.165, 1.54) is 13.0 Å². The third-order valence-corrected chi connectivity index (χ3v) is 1.98. The van der Waals surface area contributed by atoms with E-state index in [1.54, 1.807) is 0 Å². The Morgan fingerprint density at radius 1 is 1.33 bits per heavy atom. The molecule has 0 bridgehead atoms. The van der Waals surface area contributed by atoms with Crippen molar-refractivity contribution in [1.82, 2.24) is 0 Å². The lowest BCUT2D eigenvalue weighted by Gasteiger charge is -2.07. The molecule has 1 aromatic carbocycles. The molecule has 0 aliphatic heterocycles. The van der Waals surface area contributed by atoms with E-state index in [0.29, 0.717) is 5.56 Å². The summed E-state index contributed by atoms with van der Waals surface area (Å²) in [4.78, 5) is 10.7. The van der Waals surface area contributed by atoms with Crippen LogP contribution in [0.2, 0.25) is 0 Å². The highest BCUT2D eigenvalue weighted by Crippen LogP contribution is 2.20. The molecule has 15 heavy (non-hydrogen) atoms. The molecule has 0 aliphatic carbocycles. The molecule has 0 fully saturated rings. The van der Waals surface area contributed by atoms with Gasteiger partial charge in [-0.05, 0) is 30.2 Å². The second-order valence-corrected chi connectivity index (χ2v) is 3.17. The minimum absolute atomic E-state index is 0.0670. The Bertz CT molecular complexity index is 381. The summed E-state index contributed by atoms with van der Waals surface area (Å²) in [6, 6.07) is 3.42. The molecule has 0 unspecified atom stereocenters. The average molecular weight is 220 g/mol. The van der Waals surface area contributed by atoms with E-state index in [0.717, 1.165) is 12.1 Å². The number of aryl methyl sites for hydroxylation is 1. The molecule has 0 spiro atoms. The average Bonchev–Trinajstić information content (AvgIpc) is 2.09. The van der Waals surface area contributed by atoms with Crippen molar-refractivity contribution in [3.8, 4) is 0 Å². The van der Waals surface area contributed by atoms with Crippen molar-refractivity contribution in [3.63, 3.8) is 0 Å². The number of hydrogen-bond donors (Lipinski definition) is 0. The lowest BCUT2D eigenvalue weighted by molar-refractivity contribution is -0.170. The Balaban J connectivity index is 2.90. The summed E-state index contributed by atoms with van der Waals surface area (Å²) in [7, 11) is 0. The minimum atomic E-state index is -4.86. The molecule has 0 N–H and O–H groups in total. The normalized spacial score (nSPS) is 11.5. The maximum absolute atomic E-state index is 12.7. The lowest BCUT2D eigenvalue weighted by Crippen LogP contribution is -2.24. The van der Waals surface area contributed by atoms with Gasteiger partial charge in [-0.15, -0.1) is 0 Å². The summed E-state index contributed by atoms with van der Waals surface area (Å²) in [5.74, 6) is -2.51. The van der Waals surface area contributed by atoms with Crippen LogP contribution in [0, 0.1) is 12.7 Å². The van der Waals surface area contributed by atoms with Crippen LogP contribution in [0.1, 0.15) is 11.1 Å². The molecular weight excluding hydrogens is 212 g/mol. The monoisotopic (exact) mass is 220 g/mol. The van der Waals surface area contributed by atoms with Crippen LogP contribution in [-0.2, 0) is 11.2 Å². The van der Waals surface area contributed by atoms with E-state index in [4.69, 9.17) is 0 Å². The number of rotatable bonds is 2. The van der Waals surface area contributed by atoms with Crippen molar-refractivity contribution in [2.24, 2.45) is 0 Å². The van der Waals surface area contributed by atoms with Gasteiger partial charge in [0.1, 0.15) is 5.82 Å². The van der Waals surface area contributed by atoms with Crippen molar-refractivity contribution in [1.29, 1.82) is 0 Å². The van der Waals surface area contributed by atoms with Crippen molar-refractivity contribution in [2.45, 2.75) is 19.5 Å². The first kappa shape index (κ1) is 11.7. The maximum atomic E-state index is 12.7. The molecule has 1 rings (SSSR count). The lowest BCUT2D eigenvalue weighted by atomic mass is 10.0. The molecule has 0 amide bonds. The molecule has 0 aromatic heterocycles. The van der Waals surface area contributed by atoms with E-state index >= 15 is 0 Å². The van der Waals surface area contributed by atoms with Crippen LogP contribution in [-0.4, -0.2) is 12.0 Å². The third-order valence-electron chi connectivity index (χ3n) is 1.98. The highest BCUT2D eigenvalue weighted by Gasteiger charge is 2.37. The minimum Gasteiger partial charge on any atom is -0.289 e. The molecule has 0 atom stereocenters. The number of benzene rings is 1. The van der Waals surface area contributed by atoms with Gasteiger partial charge < -0.3 is 0 Å². The molecule has 0 saturated heterocycles. The molecule has 1 nitrogen and oxygen atoms in total. The zero-order valence-corrected chi connectivity index (χ0v) is 7.86. The molecular formula is C10H8F4O. The highest BCUT2D eigenvalue weighted by atomic mass is 19.4. The van der Waals surface area contributed by atoms with Crippen LogP contribution in [0.25, 0.3) is 0 Å². The zero-order valence-electron chi connectivity index (χ0n) is 7.86. The van der Waals surface area contributed by atoms with Gasteiger partial charge >= 0.3 is 6.18 Å². The molecule has 0 radical (unpaired) electrons. The van der Waals surface area contributed by atoms with Crippen molar-refractivity contribution in [2.75, 3.05) is 0 Å². The molecule has 0 heterocycles. The number of hydrogen-bond acceptors (Lipinski definition) is 1. The smallest absolute Gasteiger partial charge is 0.289 e. The summed E-state index contributed by atoms with van der Waals surface area (Å²) in [6.07, 6.45) is -5.67. The quantitative estimate of drug-likeness (QED) is 0.700. The van der Waals surface area contributed by atoms with E-state index < -0.39 is 24.2 Å². The second kappa shape index (κ2) is 4.00. The highest BCUT2D eigenvalue weighted by molar-refractivity contribution is 5.86. The molecule has 0 saturated carbocycles. The number of carbonyl (C=O) groups excluding carboxylic acids is 1. The summed E-state index contributed by atoms with van der Waals surface area (Å²) >= 11 is 0. The van der Waals surface area contributed by atoms with E-state index in [-0.39, 0.29) is 5.56 Å². The van der Waals surface area contributed by atoms with Crippen LogP contribution in [0.5, 0.6) is 0 Å². The van der Waals surface area contributed by atoms with Gasteiger partial charge in [0, 0.05) is 6.42 Å². The number of alkyl halides is 3. The van der Waals surface area contributed by atoms with Crippen molar-refractivity contribution in [3.05, 3.63) is 35.1 Å². The van der Waals surface area contributed by atoms with Gasteiger partial charge in [0.25, 0.3) is 0 Å². The van der Waals surface area contributed by atoms with Gasteiger partial charge in [0.05, 0.1) is 0 Å². The van der Waals surface area contributed by atoms with Crippen molar-refractivity contribution < 1.29 is 22.4 Å². The maximum Gasteiger partial charge on any atom is 0.450 e. The van der Waals surface area contributed by atoms with E-state index in [9.17, 15) is 22.4 Å².